The first kappa shape index (κ1) is 15.9. The number of thiophene rings is 1. The third-order valence-electron chi connectivity index (χ3n) is 4.15. The highest BCUT2D eigenvalue weighted by Gasteiger charge is 2.22. The number of piperidine rings is 1. The molecule has 3 heterocycles. The lowest BCUT2D eigenvalue weighted by Gasteiger charge is -2.30. The van der Waals surface area contributed by atoms with Crippen LogP contribution in [0.3, 0.4) is 0 Å². The molecule has 6 heteroatoms. The van der Waals surface area contributed by atoms with Crippen molar-refractivity contribution in [3.05, 3.63) is 47.6 Å². The molecular weight excluding hydrogens is 338 g/mol. The Bertz CT molecular complexity index is 811. The third kappa shape index (κ3) is 3.55. The minimum atomic E-state index is 0.236. The van der Waals surface area contributed by atoms with Gasteiger partial charge in [0.1, 0.15) is 17.1 Å². The van der Waals surface area contributed by atoms with Gasteiger partial charge in [-0.2, -0.15) is 0 Å². The number of nitrogens with zero attached hydrogens (tertiary/aromatic N) is 3. The van der Waals surface area contributed by atoms with Gasteiger partial charge in [-0.1, -0.05) is 17.7 Å². The molecule has 1 aliphatic rings. The van der Waals surface area contributed by atoms with E-state index >= 15 is 0 Å². The average Bonchev–Trinajstić information content (AvgIpc) is 3.08. The van der Waals surface area contributed by atoms with Gasteiger partial charge in [0.25, 0.3) is 0 Å². The normalized spacial score (nSPS) is 16.5. The van der Waals surface area contributed by atoms with Gasteiger partial charge in [-0.3, -0.25) is 0 Å². The lowest BCUT2D eigenvalue weighted by atomic mass is 10.1. The van der Waals surface area contributed by atoms with Gasteiger partial charge in [-0.15, -0.1) is 11.3 Å². The van der Waals surface area contributed by atoms with Crippen molar-refractivity contribution in [1.82, 2.24) is 14.3 Å². The summed E-state index contributed by atoms with van der Waals surface area (Å²) in [4.78, 5) is 9.90. The first-order chi connectivity index (χ1) is 11.8. The van der Waals surface area contributed by atoms with E-state index < -0.39 is 0 Å². The summed E-state index contributed by atoms with van der Waals surface area (Å²) < 4.78 is 9.64. The van der Waals surface area contributed by atoms with Crippen LogP contribution < -0.4 is 4.74 Å². The molecule has 0 N–H and O–H groups in total. The van der Waals surface area contributed by atoms with Crippen LogP contribution in [0.25, 0.3) is 10.2 Å². The van der Waals surface area contributed by atoms with E-state index in [4.69, 9.17) is 4.74 Å². The molecule has 0 saturated carbocycles. The van der Waals surface area contributed by atoms with Crippen LogP contribution in [-0.2, 0) is 0 Å². The number of rotatable bonds is 4. The quantitative estimate of drug-likeness (QED) is 0.641. The van der Waals surface area contributed by atoms with Crippen LogP contribution >= 0.6 is 23.3 Å². The van der Waals surface area contributed by atoms with Gasteiger partial charge >= 0.3 is 0 Å². The molecule has 0 radical (unpaired) electrons. The number of aryl methyl sites for hydroxylation is 1. The number of ether oxygens (including phenoxy) is 1. The summed E-state index contributed by atoms with van der Waals surface area (Å²) in [6.07, 6.45) is 3.87. The highest BCUT2D eigenvalue weighted by molar-refractivity contribution is 7.97. The van der Waals surface area contributed by atoms with Crippen LogP contribution in [0, 0.1) is 6.92 Å². The fourth-order valence-corrected chi connectivity index (χ4v) is 4.52. The van der Waals surface area contributed by atoms with Crippen molar-refractivity contribution >= 4 is 33.5 Å². The predicted molar refractivity (Wildman–Crippen MR) is 99.7 cm³/mol. The highest BCUT2D eigenvalue weighted by atomic mass is 32.2. The Morgan fingerprint density at radius 1 is 1.12 bits per heavy atom. The second-order valence-corrected chi connectivity index (χ2v) is 8.05. The molecule has 2 aromatic heterocycles. The molecule has 1 aliphatic heterocycles. The monoisotopic (exact) mass is 357 g/mol. The van der Waals surface area contributed by atoms with Crippen LogP contribution in [0.2, 0.25) is 0 Å². The predicted octanol–water partition coefficient (Wildman–Crippen LogP) is 4.55. The summed E-state index contributed by atoms with van der Waals surface area (Å²) >= 11 is 3.48. The number of hydrogen-bond donors (Lipinski definition) is 0. The molecule has 1 aromatic carbocycles. The van der Waals surface area contributed by atoms with Crippen molar-refractivity contribution in [3.63, 3.8) is 0 Å². The molecule has 1 saturated heterocycles. The van der Waals surface area contributed by atoms with E-state index in [1.54, 1.807) is 17.7 Å². The first-order valence-corrected chi connectivity index (χ1v) is 9.78. The fourth-order valence-electron chi connectivity index (χ4n) is 2.80. The summed E-state index contributed by atoms with van der Waals surface area (Å²) in [5.41, 5.74) is 2.27. The van der Waals surface area contributed by atoms with Gasteiger partial charge in [0, 0.05) is 18.0 Å². The van der Waals surface area contributed by atoms with Crippen LogP contribution in [0.5, 0.6) is 5.88 Å². The lowest BCUT2D eigenvalue weighted by molar-refractivity contribution is 0.135. The van der Waals surface area contributed by atoms with Gasteiger partial charge in [0.15, 0.2) is 0 Å². The minimum absolute atomic E-state index is 0.236. The van der Waals surface area contributed by atoms with Gasteiger partial charge in [0.2, 0.25) is 5.88 Å². The zero-order chi connectivity index (χ0) is 16.4. The standard InChI is InChI=1S/C18H19N3OS2/c1-13-2-4-15(5-3-13)24-21-9-6-14(7-10-21)22-18-17-16(8-11-23-17)19-12-20-18/h2-5,8,11-12,14H,6-7,9-10H2,1H3. The second kappa shape index (κ2) is 7.09. The zero-order valence-corrected chi connectivity index (χ0v) is 15.1. The summed E-state index contributed by atoms with van der Waals surface area (Å²) in [6.45, 7) is 4.18. The highest BCUT2D eigenvalue weighted by Crippen LogP contribution is 2.31. The lowest BCUT2D eigenvalue weighted by Crippen LogP contribution is -2.34. The summed E-state index contributed by atoms with van der Waals surface area (Å²) in [6, 6.07) is 10.7. The number of hydrogen-bond acceptors (Lipinski definition) is 6. The van der Waals surface area contributed by atoms with Gasteiger partial charge in [-0.25, -0.2) is 14.3 Å². The van der Waals surface area contributed by atoms with E-state index in [-0.39, 0.29) is 6.10 Å². The first-order valence-electron chi connectivity index (χ1n) is 8.12. The third-order valence-corrected chi connectivity index (χ3v) is 6.14. The molecule has 124 valence electrons. The molecule has 1 fully saturated rings. The summed E-state index contributed by atoms with van der Waals surface area (Å²) in [7, 11) is 0. The molecule has 4 nitrogen and oxygen atoms in total. The van der Waals surface area contributed by atoms with Crippen molar-refractivity contribution in [2.24, 2.45) is 0 Å². The molecule has 4 rings (SSSR count). The molecule has 0 atom stereocenters. The molecule has 24 heavy (non-hydrogen) atoms. The maximum Gasteiger partial charge on any atom is 0.235 e. The Labute approximate surface area is 150 Å². The van der Waals surface area contributed by atoms with Crippen molar-refractivity contribution in [2.75, 3.05) is 13.1 Å². The molecule has 0 bridgehead atoms. The summed E-state index contributed by atoms with van der Waals surface area (Å²) in [5, 5.41) is 2.03. The van der Waals surface area contributed by atoms with Crippen LogP contribution in [0.15, 0.2) is 46.9 Å². The Morgan fingerprint density at radius 3 is 2.71 bits per heavy atom. The van der Waals surface area contributed by atoms with Crippen molar-refractivity contribution < 1.29 is 4.74 Å². The van der Waals surface area contributed by atoms with E-state index in [1.807, 2.05) is 23.4 Å². The second-order valence-electron chi connectivity index (χ2n) is 5.96. The molecule has 0 unspecified atom stereocenters. The molecule has 0 amide bonds. The Kier molecular flexibility index (Phi) is 4.69. The zero-order valence-electron chi connectivity index (χ0n) is 13.5. The van der Waals surface area contributed by atoms with Crippen LogP contribution in [0.4, 0.5) is 0 Å². The average molecular weight is 358 g/mol. The van der Waals surface area contributed by atoms with E-state index in [1.165, 1.54) is 10.5 Å². The number of benzene rings is 1. The van der Waals surface area contributed by atoms with Gasteiger partial charge in [0.05, 0.1) is 5.52 Å². The SMILES string of the molecule is Cc1ccc(SN2CCC(Oc3ncnc4ccsc34)CC2)cc1. The topological polar surface area (TPSA) is 38.2 Å². The number of aromatic nitrogens is 2. The number of fused-ring (bicyclic) bond motifs is 1. The Balaban J connectivity index is 1.34. The minimum Gasteiger partial charge on any atom is -0.473 e. The van der Waals surface area contributed by atoms with E-state index in [2.05, 4.69) is 45.5 Å². The van der Waals surface area contributed by atoms with E-state index in [0.717, 1.165) is 42.0 Å². The van der Waals surface area contributed by atoms with Crippen molar-refractivity contribution in [1.29, 1.82) is 0 Å². The smallest absolute Gasteiger partial charge is 0.235 e. The van der Waals surface area contributed by atoms with E-state index in [9.17, 15) is 0 Å². The van der Waals surface area contributed by atoms with Crippen LogP contribution in [0.1, 0.15) is 18.4 Å². The Morgan fingerprint density at radius 2 is 1.92 bits per heavy atom. The molecular formula is C18H19N3OS2. The van der Waals surface area contributed by atoms with Crippen LogP contribution in [-0.4, -0.2) is 33.5 Å². The van der Waals surface area contributed by atoms with Gasteiger partial charge < -0.3 is 4.74 Å². The summed E-state index contributed by atoms with van der Waals surface area (Å²) in [5.74, 6) is 0.736. The largest absolute Gasteiger partial charge is 0.473 e. The maximum atomic E-state index is 6.16. The van der Waals surface area contributed by atoms with Gasteiger partial charge in [-0.05, 0) is 55.3 Å². The van der Waals surface area contributed by atoms with E-state index in [0.29, 0.717) is 0 Å². The maximum absolute atomic E-state index is 6.16. The molecule has 0 spiro atoms. The fraction of sp³-hybridized carbons (Fsp3) is 0.333. The molecule has 3 aromatic rings. The van der Waals surface area contributed by atoms with Crippen molar-refractivity contribution in [3.8, 4) is 5.88 Å². The Hall–Kier alpha value is -1.63. The molecule has 0 aliphatic carbocycles. The van der Waals surface area contributed by atoms with Crippen molar-refractivity contribution in [2.45, 2.75) is 30.8 Å².